The second-order valence-corrected chi connectivity index (χ2v) is 8.54. The van der Waals surface area contributed by atoms with E-state index in [0.717, 1.165) is 16.6 Å². The number of hydrogen-bond acceptors (Lipinski definition) is 6. The molecule has 35 heavy (non-hydrogen) atoms. The van der Waals surface area contributed by atoms with Crippen LogP contribution in [-0.2, 0) is 13.6 Å². The first kappa shape index (κ1) is 22.6. The summed E-state index contributed by atoms with van der Waals surface area (Å²) >= 11 is 12.6. The number of tetrazole rings is 1. The molecule has 2 aromatic heterocycles. The molecule has 0 spiro atoms. The van der Waals surface area contributed by atoms with Gasteiger partial charge in [0.15, 0.2) is 0 Å². The van der Waals surface area contributed by atoms with Crippen molar-refractivity contribution < 1.29 is 9.90 Å². The van der Waals surface area contributed by atoms with Gasteiger partial charge in [-0.3, -0.25) is 10.1 Å². The lowest BCUT2D eigenvalue weighted by Gasteiger charge is -2.08. The number of anilines is 1. The number of halogens is 2. The zero-order valence-corrected chi connectivity index (χ0v) is 19.8. The van der Waals surface area contributed by atoms with Crippen LogP contribution in [0.2, 0.25) is 10.0 Å². The second kappa shape index (κ2) is 9.24. The molecule has 0 bridgehead atoms. The zero-order chi connectivity index (χ0) is 24.5. The number of phenolic OH excluding ortho intramolecular Hbond substituents is 1. The number of H-pyrrole nitrogens is 1. The average molecular weight is 509 g/mol. The normalized spacial score (nSPS) is 11.8. The summed E-state index contributed by atoms with van der Waals surface area (Å²) in [6.45, 7) is 0.458. The number of fused-ring (bicyclic) bond motifs is 1. The zero-order valence-electron chi connectivity index (χ0n) is 18.3. The summed E-state index contributed by atoms with van der Waals surface area (Å²) in [7, 11) is 1.90. The summed E-state index contributed by atoms with van der Waals surface area (Å²) in [5.74, 6) is -0.00472. The molecule has 3 N–H and O–H groups in total. The Bertz CT molecular complexity index is 1590. The molecule has 0 aliphatic rings. The standard InChI is InChI=1S/C23H18Cl2N8O2/c1-32-19-10-17(24)18(25)11-20(19)33(23(32)26-15-6-8-16(34)9-7-15)12-13-2-4-14(5-3-13)21(35)27-22-28-30-31-29-22/h2-11,34H,12H2,1H3,(H2,27,28,29,30,31,35)/b26-23+. The molecule has 0 unspecified atom stereocenters. The average Bonchev–Trinajstić information content (AvgIpc) is 3.44. The van der Waals surface area contributed by atoms with Crippen molar-refractivity contribution in [2.75, 3.05) is 5.32 Å². The highest BCUT2D eigenvalue weighted by Gasteiger charge is 2.14. The molecule has 0 saturated heterocycles. The van der Waals surface area contributed by atoms with E-state index in [2.05, 4.69) is 25.9 Å². The van der Waals surface area contributed by atoms with Crippen molar-refractivity contribution in [2.24, 2.45) is 12.0 Å². The Kier molecular flexibility index (Phi) is 5.98. The minimum Gasteiger partial charge on any atom is -0.508 e. The van der Waals surface area contributed by atoms with Crippen LogP contribution in [0.4, 0.5) is 11.6 Å². The van der Waals surface area contributed by atoms with Crippen LogP contribution in [-0.4, -0.2) is 40.8 Å². The maximum absolute atomic E-state index is 12.4. The minimum absolute atomic E-state index is 0.163. The van der Waals surface area contributed by atoms with Crippen molar-refractivity contribution in [1.82, 2.24) is 29.8 Å². The molecule has 2 heterocycles. The Hall–Kier alpha value is -4.15. The van der Waals surface area contributed by atoms with E-state index in [1.54, 1.807) is 42.5 Å². The molecular formula is C23H18Cl2N8O2. The number of carbonyl (C=O) groups is 1. The molecule has 176 valence electrons. The molecule has 0 aliphatic carbocycles. The van der Waals surface area contributed by atoms with Crippen LogP contribution in [0.5, 0.6) is 5.75 Å². The molecule has 5 aromatic rings. The van der Waals surface area contributed by atoms with Crippen LogP contribution < -0.4 is 10.9 Å². The van der Waals surface area contributed by atoms with Gasteiger partial charge in [-0.1, -0.05) is 40.4 Å². The predicted octanol–water partition coefficient (Wildman–Crippen LogP) is 4.04. The summed E-state index contributed by atoms with van der Waals surface area (Å²) < 4.78 is 3.94. The van der Waals surface area contributed by atoms with Gasteiger partial charge in [0.1, 0.15) is 5.75 Å². The topological polar surface area (TPSA) is 126 Å². The predicted molar refractivity (Wildman–Crippen MR) is 132 cm³/mol. The molecule has 1 amide bonds. The SMILES string of the molecule is Cn1/c(=N\c2ccc(O)cc2)n(Cc2ccc(C(=O)Nc3nnn[nH]3)cc2)c2cc(Cl)c(Cl)cc21. The molecule has 12 heteroatoms. The van der Waals surface area contributed by atoms with Gasteiger partial charge >= 0.3 is 0 Å². The van der Waals surface area contributed by atoms with Crippen LogP contribution in [0.15, 0.2) is 65.7 Å². The van der Waals surface area contributed by atoms with Gasteiger partial charge in [0.05, 0.1) is 33.3 Å². The number of aromatic amines is 1. The maximum atomic E-state index is 12.4. The summed E-state index contributed by atoms with van der Waals surface area (Å²) in [5, 5.41) is 26.1. The molecular weight excluding hydrogens is 491 g/mol. The molecule has 10 nitrogen and oxygen atoms in total. The van der Waals surface area contributed by atoms with E-state index in [1.165, 1.54) is 0 Å². The van der Waals surface area contributed by atoms with E-state index in [9.17, 15) is 9.90 Å². The number of carbonyl (C=O) groups excluding carboxylic acids is 1. The highest BCUT2D eigenvalue weighted by Crippen LogP contribution is 2.28. The highest BCUT2D eigenvalue weighted by atomic mass is 35.5. The van der Waals surface area contributed by atoms with Crippen molar-refractivity contribution in [1.29, 1.82) is 0 Å². The van der Waals surface area contributed by atoms with Gasteiger partial charge in [0.2, 0.25) is 11.6 Å². The van der Waals surface area contributed by atoms with Crippen LogP contribution in [0.25, 0.3) is 11.0 Å². The van der Waals surface area contributed by atoms with Crippen LogP contribution in [0, 0.1) is 0 Å². The monoisotopic (exact) mass is 508 g/mol. The number of nitrogens with zero attached hydrogens (tertiary/aromatic N) is 6. The van der Waals surface area contributed by atoms with E-state index in [1.807, 2.05) is 34.4 Å². The fourth-order valence-electron chi connectivity index (χ4n) is 3.68. The first-order valence-electron chi connectivity index (χ1n) is 10.4. The number of aromatic hydroxyl groups is 1. The van der Waals surface area contributed by atoms with Crippen LogP contribution in [0.1, 0.15) is 15.9 Å². The molecule has 0 radical (unpaired) electrons. The second-order valence-electron chi connectivity index (χ2n) is 7.73. The number of imidazole rings is 1. The summed E-state index contributed by atoms with van der Waals surface area (Å²) in [5.41, 5.74) is 4.43. The van der Waals surface area contributed by atoms with Crippen molar-refractivity contribution in [2.45, 2.75) is 6.54 Å². The first-order valence-corrected chi connectivity index (χ1v) is 11.2. The van der Waals surface area contributed by atoms with Crippen molar-refractivity contribution in [3.8, 4) is 5.75 Å². The van der Waals surface area contributed by atoms with E-state index in [4.69, 9.17) is 28.2 Å². The van der Waals surface area contributed by atoms with E-state index in [0.29, 0.717) is 33.5 Å². The van der Waals surface area contributed by atoms with E-state index < -0.39 is 0 Å². The van der Waals surface area contributed by atoms with Gasteiger partial charge in [0, 0.05) is 12.6 Å². The Morgan fingerprint density at radius 1 is 1.06 bits per heavy atom. The van der Waals surface area contributed by atoms with E-state index in [-0.39, 0.29) is 17.6 Å². The molecule has 0 fully saturated rings. The van der Waals surface area contributed by atoms with Gasteiger partial charge < -0.3 is 14.2 Å². The Labute approximate surface area is 208 Å². The lowest BCUT2D eigenvalue weighted by Crippen LogP contribution is -2.24. The number of aryl methyl sites for hydroxylation is 1. The molecule has 3 aromatic carbocycles. The lowest BCUT2D eigenvalue weighted by molar-refractivity contribution is 0.102. The number of aromatic nitrogens is 6. The maximum Gasteiger partial charge on any atom is 0.258 e. The van der Waals surface area contributed by atoms with Gasteiger partial charge in [-0.25, -0.2) is 10.1 Å². The number of nitrogens with one attached hydrogen (secondary N) is 2. The number of benzene rings is 3. The molecule has 5 rings (SSSR count). The fourth-order valence-corrected chi connectivity index (χ4v) is 3.99. The number of amides is 1. The number of phenols is 1. The van der Waals surface area contributed by atoms with Crippen molar-refractivity contribution >= 4 is 51.8 Å². The number of rotatable bonds is 5. The van der Waals surface area contributed by atoms with Gasteiger partial charge in [-0.2, -0.15) is 0 Å². The first-order chi connectivity index (χ1) is 16.9. The van der Waals surface area contributed by atoms with Crippen LogP contribution >= 0.6 is 23.2 Å². The Balaban J connectivity index is 1.54. The smallest absolute Gasteiger partial charge is 0.258 e. The third-order valence-electron chi connectivity index (χ3n) is 5.42. The highest BCUT2D eigenvalue weighted by molar-refractivity contribution is 6.42. The van der Waals surface area contributed by atoms with Gasteiger partial charge in [-0.15, -0.1) is 0 Å². The Morgan fingerprint density at radius 3 is 2.40 bits per heavy atom. The lowest BCUT2D eigenvalue weighted by atomic mass is 10.1. The Morgan fingerprint density at radius 2 is 1.74 bits per heavy atom. The van der Waals surface area contributed by atoms with Gasteiger partial charge in [0.25, 0.3) is 5.91 Å². The van der Waals surface area contributed by atoms with E-state index >= 15 is 0 Å². The summed E-state index contributed by atoms with van der Waals surface area (Å²) in [6.07, 6.45) is 0. The third-order valence-corrected chi connectivity index (χ3v) is 6.15. The number of hydrogen-bond donors (Lipinski definition) is 3. The van der Waals surface area contributed by atoms with Crippen molar-refractivity contribution in [3.63, 3.8) is 0 Å². The molecule has 0 atom stereocenters. The quantitative estimate of drug-likeness (QED) is 0.330. The summed E-state index contributed by atoms with van der Waals surface area (Å²) in [4.78, 5) is 17.2. The minimum atomic E-state index is -0.336. The molecule has 0 saturated carbocycles. The van der Waals surface area contributed by atoms with Crippen molar-refractivity contribution in [3.05, 3.63) is 87.5 Å². The van der Waals surface area contributed by atoms with Gasteiger partial charge in [-0.05, 0) is 64.5 Å². The summed E-state index contributed by atoms with van der Waals surface area (Å²) in [6, 6.07) is 17.4. The fraction of sp³-hybridized carbons (Fsp3) is 0.0870. The van der Waals surface area contributed by atoms with Crippen LogP contribution in [0.3, 0.4) is 0 Å². The largest absolute Gasteiger partial charge is 0.508 e. The molecule has 0 aliphatic heterocycles. The third kappa shape index (κ3) is 4.61.